The molecule has 4 N–H and O–H groups in total. The third-order valence-corrected chi connectivity index (χ3v) is 11.4. The second-order valence-electron chi connectivity index (χ2n) is 10.9. The topological polar surface area (TPSA) is 157 Å². The number of amides is 6. The Morgan fingerprint density at radius 3 is 1.28 bits per heavy atom. The largest absolute Gasteiger partial charge is 0.293 e. The molecule has 0 saturated carbocycles. The van der Waals surface area contributed by atoms with Crippen LogP contribution in [0.3, 0.4) is 0 Å². The number of halogens is 2. The Hall–Kier alpha value is -3.16. The van der Waals surface area contributed by atoms with Crippen molar-refractivity contribution in [2.24, 2.45) is 0 Å². The molecule has 0 radical (unpaired) electrons. The van der Waals surface area contributed by atoms with Gasteiger partial charge in [-0.1, -0.05) is 92.7 Å². The van der Waals surface area contributed by atoms with Crippen LogP contribution >= 0.6 is 79.8 Å². The van der Waals surface area contributed by atoms with Gasteiger partial charge < -0.3 is 0 Å². The smallest absolute Gasteiger partial charge is 0.269 e. The van der Waals surface area contributed by atoms with E-state index < -0.39 is 11.8 Å². The summed E-state index contributed by atoms with van der Waals surface area (Å²) in [7, 11) is 0. The van der Waals surface area contributed by atoms with Crippen LogP contribution in [0.25, 0.3) is 0 Å². The monoisotopic (exact) mass is 882 g/mol. The highest BCUT2D eigenvalue weighted by Gasteiger charge is 2.41. The Morgan fingerprint density at radius 2 is 0.920 bits per heavy atom. The molecule has 2 aliphatic heterocycles. The summed E-state index contributed by atoms with van der Waals surface area (Å²) in [5.41, 5.74) is 10.4. The Labute approximate surface area is 324 Å². The van der Waals surface area contributed by atoms with E-state index in [1.807, 2.05) is 0 Å². The van der Waals surface area contributed by atoms with Gasteiger partial charge >= 0.3 is 0 Å². The van der Waals surface area contributed by atoms with E-state index in [1.54, 1.807) is 48.5 Å². The molecule has 2 aromatic carbocycles. The van der Waals surface area contributed by atoms with Crippen LogP contribution < -0.4 is 21.7 Å². The Morgan fingerprint density at radius 1 is 0.560 bits per heavy atom. The van der Waals surface area contributed by atoms with Crippen LogP contribution in [0, 0.1) is 0 Å². The molecule has 0 atom stereocenters. The van der Waals surface area contributed by atoms with Gasteiger partial charge in [0.2, 0.25) is 11.8 Å². The van der Waals surface area contributed by atoms with Crippen molar-refractivity contribution in [2.75, 3.05) is 13.1 Å². The molecule has 18 heteroatoms. The molecule has 2 heterocycles. The number of nitrogens with one attached hydrogen (secondary N) is 4. The molecular formula is C32H32Br2N6O6S4. The van der Waals surface area contributed by atoms with Gasteiger partial charge in [-0.05, 0) is 74.2 Å². The van der Waals surface area contributed by atoms with Gasteiger partial charge in [0.05, 0.1) is 9.81 Å². The number of hydrogen-bond donors (Lipinski definition) is 4. The highest BCUT2D eigenvalue weighted by Crippen LogP contribution is 2.42. The summed E-state index contributed by atoms with van der Waals surface area (Å²) in [4.78, 5) is 78.5. The first-order chi connectivity index (χ1) is 23.9. The average Bonchev–Trinajstić information content (AvgIpc) is 3.54. The van der Waals surface area contributed by atoms with E-state index in [2.05, 4.69) is 53.6 Å². The van der Waals surface area contributed by atoms with Crippen molar-refractivity contribution in [1.29, 1.82) is 0 Å². The van der Waals surface area contributed by atoms with Crippen molar-refractivity contribution >= 4 is 124 Å². The van der Waals surface area contributed by atoms with Crippen molar-refractivity contribution < 1.29 is 28.8 Å². The first-order valence-corrected chi connectivity index (χ1v) is 19.5. The van der Waals surface area contributed by atoms with Crippen molar-refractivity contribution in [3.8, 4) is 0 Å². The fourth-order valence-corrected chi connectivity index (χ4v) is 7.95. The Balaban J connectivity index is 1.12. The molecule has 2 aliphatic rings. The van der Waals surface area contributed by atoms with Crippen LogP contribution in [0.1, 0.15) is 72.1 Å². The zero-order valence-electron chi connectivity index (χ0n) is 26.4. The average molecular weight is 885 g/mol. The van der Waals surface area contributed by atoms with Crippen molar-refractivity contribution in [2.45, 2.75) is 51.4 Å². The molecule has 0 unspecified atom stereocenters. The lowest BCUT2D eigenvalue weighted by Crippen LogP contribution is -2.41. The fraction of sp³-hybridized carbons (Fsp3) is 0.312. The van der Waals surface area contributed by atoms with Crippen LogP contribution in [0.2, 0.25) is 0 Å². The molecule has 2 saturated heterocycles. The van der Waals surface area contributed by atoms with Gasteiger partial charge in [0, 0.05) is 46.0 Å². The molecular weight excluding hydrogens is 852 g/mol. The van der Waals surface area contributed by atoms with E-state index in [4.69, 9.17) is 24.4 Å². The lowest BCUT2D eigenvalue weighted by molar-refractivity contribution is -0.124. The van der Waals surface area contributed by atoms with Crippen molar-refractivity contribution in [1.82, 2.24) is 31.5 Å². The van der Waals surface area contributed by atoms with Crippen LogP contribution in [-0.2, 0) is 19.2 Å². The van der Waals surface area contributed by atoms with Gasteiger partial charge in [-0.25, -0.2) is 0 Å². The highest BCUT2D eigenvalue weighted by molar-refractivity contribution is 9.10. The second kappa shape index (κ2) is 19.4. The van der Waals surface area contributed by atoms with E-state index in [1.165, 1.54) is 9.80 Å². The quantitative estimate of drug-likeness (QED) is 0.0829. The van der Waals surface area contributed by atoms with E-state index in [-0.39, 0.29) is 46.3 Å². The maximum absolute atomic E-state index is 13.2. The minimum absolute atomic E-state index is 0.195. The fourth-order valence-electron chi connectivity index (χ4n) is 4.65. The second-order valence-corrected chi connectivity index (χ2v) is 16.1. The van der Waals surface area contributed by atoms with E-state index in [9.17, 15) is 28.8 Å². The molecule has 4 rings (SSSR count). The summed E-state index contributed by atoms with van der Waals surface area (Å²) in [5, 5.41) is 0. The standard InChI is InChI=1S/C32H32Br2N6O6S4/c33-21-13-9-19(10-14-21)27(43)37-35-23(41)7-3-1-5-17-39-29(45)25(49-31(39)47)26-30(46)40(32(48)50-26)18-6-2-4-8-24(42)36-38-28(44)20-11-15-22(34)16-12-20/h9-16H,1-8,17-18H2,(H,35,41)(H,36,42)(H,37,43)(H,38,44)/b26-25+. The van der Waals surface area contributed by atoms with E-state index in [0.717, 1.165) is 32.5 Å². The highest BCUT2D eigenvalue weighted by atomic mass is 79.9. The maximum atomic E-state index is 13.2. The number of carbonyl (C=O) groups is 6. The minimum Gasteiger partial charge on any atom is -0.293 e. The Kier molecular flexibility index (Phi) is 15.4. The first-order valence-electron chi connectivity index (χ1n) is 15.5. The maximum Gasteiger partial charge on any atom is 0.269 e. The molecule has 6 amide bonds. The SMILES string of the molecule is O=C(CCCCCN1C(=O)/C(=C2\SC(=S)N(CCCCCC(=O)NNC(=O)c3ccc(Br)cc3)C2=O)SC1=S)NNC(=O)c1ccc(Br)cc1. The normalized spacial score (nSPS) is 15.8. The number of hydrogen-bond acceptors (Lipinski definition) is 10. The zero-order valence-corrected chi connectivity index (χ0v) is 32.9. The number of thioether (sulfide) groups is 2. The number of carbonyl (C=O) groups excluding carboxylic acids is 6. The van der Waals surface area contributed by atoms with Gasteiger partial charge in [-0.15, -0.1) is 0 Å². The predicted octanol–water partition coefficient (Wildman–Crippen LogP) is 5.49. The van der Waals surface area contributed by atoms with Gasteiger partial charge in [-0.3, -0.25) is 60.3 Å². The van der Waals surface area contributed by atoms with Crippen molar-refractivity contribution in [3.05, 3.63) is 78.4 Å². The number of nitrogens with zero attached hydrogens (tertiary/aromatic N) is 2. The molecule has 0 aromatic heterocycles. The molecule has 2 fully saturated rings. The predicted molar refractivity (Wildman–Crippen MR) is 207 cm³/mol. The zero-order chi connectivity index (χ0) is 36.2. The number of rotatable bonds is 14. The summed E-state index contributed by atoms with van der Waals surface area (Å²) in [6, 6.07) is 13.4. The van der Waals surface area contributed by atoms with Crippen LogP contribution in [0.4, 0.5) is 0 Å². The van der Waals surface area contributed by atoms with E-state index in [0.29, 0.717) is 71.4 Å². The molecule has 264 valence electrons. The van der Waals surface area contributed by atoms with Gasteiger partial charge in [0.15, 0.2) is 0 Å². The minimum atomic E-state index is -0.420. The number of unbranched alkanes of at least 4 members (excludes halogenated alkanes) is 4. The molecule has 0 aliphatic carbocycles. The lowest BCUT2D eigenvalue weighted by atomic mass is 10.2. The van der Waals surface area contributed by atoms with Crippen LogP contribution in [0.5, 0.6) is 0 Å². The summed E-state index contributed by atoms with van der Waals surface area (Å²) < 4.78 is 2.39. The first kappa shape index (κ1) is 39.6. The third kappa shape index (κ3) is 11.4. The molecule has 12 nitrogen and oxygen atoms in total. The number of benzene rings is 2. The van der Waals surface area contributed by atoms with Gasteiger partial charge in [-0.2, -0.15) is 0 Å². The molecule has 0 bridgehead atoms. The Bertz CT molecular complexity index is 1580. The summed E-state index contributed by atoms with van der Waals surface area (Å²) >= 11 is 19.6. The van der Waals surface area contributed by atoms with Gasteiger partial charge in [0.1, 0.15) is 8.64 Å². The number of thiocarbonyl (C=S) groups is 2. The summed E-state index contributed by atoms with van der Waals surface area (Å²) in [6.07, 6.45) is 3.95. The summed E-state index contributed by atoms with van der Waals surface area (Å²) in [5.74, 6) is -2.18. The lowest BCUT2D eigenvalue weighted by Gasteiger charge is -2.14. The van der Waals surface area contributed by atoms with E-state index >= 15 is 0 Å². The number of hydrazine groups is 2. The third-order valence-electron chi connectivity index (χ3n) is 7.32. The van der Waals surface area contributed by atoms with Crippen molar-refractivity contribution in [3.63, 3.8) is 0 Å². The molecule has 0 spiro atoms. The van der Waals surface area contributed by atoms with Gasteiger partial charge in [0.25, 0.3) is 23.6 Å². The molecule has 50 heavy (non-hydrogen) atoms. The van der Waals surface area contributed by atoms with Crippen LogP contribution in [-0.4, -0.2) is 67.0 Å². The molecule has 2 aromatic rings. The summed E-state index contributed by atoms with van der Waals surface area (Å²) in [6.45, 7) is 0.690. The van der Waals surface area contributed by atoms with Crippen LogP contribution in [0.15, 0.2) is 67.3 Å².